The first kappa shape index (κ1) is 20.2. The molecule has 0 spiro atoms. The van der Waals surface area contributed by atoms with E-state index in [0.29, 0.717) is 29.0 Å². The van der Waals surface area contributed by atoms with E-state index in [2.05, 4.69) is 98.1 Å². The molecule has 8 aromatic rings. The van der Waals surface area contributed by atoms with Crippen molar-refractivity contribution in [3.63, 3.8) is 0 Å². The van der Waals surface area contributed by atoms with Crippen molar-refractivity contribution < 1.29 is 4.42 Å². The second-order valence-corrected chi connectivity index (χ2v) is 14.1. The van der Waals surface area contributed by atoms with Crippen LogP contribution in [0.3, 0.4) is 0 Å². The van der Waals surface area contributed by atoms with Gasteiger partial charge in [-0.3, -0.25) is 0 Å². The number of aryl methyl sites for hydroxylation is 3. The Morgan fingerprint density at radius 1 is 0.600 bits per heavy atom. The van der Waals surface area contributed by atoms with Gasteiger partial charge in [0.25, 0.3) is 0 Å². The molecular weight excluding hydrogens is 560 g/mol. The van der Waals surface area contributed by atoms with Crippen molar-refractivity contribution in [3.8, 4) is 5.69 Å². The van der Waals surface area contributed by atoms with Crippen LogP contribution >= 0.6 is 0 Å². The van der Waals surface area contributed by atoms with Crippen LogP contribution in [0.2, 0.25) is 0 Å². The Labute approximate surface area is 213 Å². The number of hydrogen-bond acceptors (Lipinski definition) is 1. The number of nitrogens with zero attached hydrogens (tertiary/aromatic N) is 1. The molecule has 168 valence electrons. The summed E-state index contributed by atoms with van der Waals surface area (Å²) in [5.74, 6) is 0. The van der Waals surface area contributed by atoms with Crippen LogP contribution in [-0.2, 0) is 0 Å². The van der Waals surface area contributed by atoms with Crippen LogP contribution in [0.25, 0.3) is 66.5 Å². The third-order valence-electron chi connectivity index (χ3n) is 7.18. The fourth-order valence-corrected chi connectivity index (χ4v) is 12.0. The molecule has 0 amide bonds. The molecule has 0 fully saturated rings. The third kappa shape index (κ3) is 2.77. The van der Waals surface area contributed by atoms with Gasteiger partial charge in [0.1, 0.15) is 0 Å². The predicted octanol–water partition coefficient (Wildman–Crippen LogP) is 8.03. The molecule has 0 radical (unpaired) electrons. The zero-order chi connectivity index (χ0) is 23.4. The molecule has 0 saturated carbocycles. The van der Waals surface area contributed by atoms with E-state index in [-0.39, 0.29) is 0 Å². The van der Waals surface area contributed by atoms with Crippen molar-refractivity contribution >= 4 is 89.8 Å². The standard InChI is InChI=1S/C31H21NOSe2/c1-16-4-8-19(9-5-16)32-24-14-23-27(35-30-21-11-7-18(3)13-26(21)34-31(23)30)15-22(24)29-28(32)20-10-6-17(2)12-25(20)33-29/h4-15H,1-3H3. The topological polar surface area (TPSA) is 18.1 Å². The summed E-state index contributed by atoms with van der Waals surface area (Å²) in [6.45, 7) is 6.48. The Morgan fingerprint density at radius 2 is 1.26 bits per heavy atom. The Bertz CT molecular complexity index is 2130. The van der Waals surface area contributed by atoms with Gasteiger partial charge in [0, 0.05) is 0 Å². The van der Waals surface area contributed by atoms with Gasteiger partial charge in [0.2, 0.25) is 0 Å². The van der Waals surface area contributed by atoms with Gasteiger partial charge in [0.05, 0.1) is 0 Å². The number of aromatic nitrogens is 1. The molecule has 4 aromatic carbocycles. The quantitative estimate of drug-likeness (QED) is 0.180. The van der Waals surface area contributed by atoms with E-state index in [1.807, 2.05) is 0 Å². The van der Waals surface area contributed by atoms with Crippen LogP contribution in [0.1, 0.15) is 16.7 Å². The molecule has 0 aliphatic heterocycles. The van der Waals surface area contributed by atoms with Crippen molar-refractivity contribution in [1.82, 2.24) is 4.57 Å². The molecule has 0 saturated heterocycles. The SMILES string of the molecule is Cc1ccc(-n2c3cc4c(cc3c3oc5cc(C)ccc5c32)[se]c2c3ccc(C)cc3[se]c42)cc1. The molecule has 0 atom stereocenters. The minimum atomic E-state index is 0.335. The molecule has 8 rings (SSSR count). The van der Waals surface area contributed by atoms with Crippen molar-refractivity contribution in [2.45, 2.75) is 20.8 Å². The first-order valence-corrected chi connectivity index (χ1v) is 15.3. The Hall–Kier alpha value is -3.00. The first-order chi connectivity index (χ1) is 17.0. The molecule has 0 bridgehead atoms. The zero-order valence-electron chi connectivity index (χ0n) is 19.6. The van der Waals surface area contributed by atoms with Crippen LogP contribution in [0.15, 0.2) is 77.2 Å². The molecule has 2 nitrogen and oxygen atoms in total. The number of benzene rings is 4. The van der Waals surface area contributed by atoms with Gasteiger partial charge in [0.15, 0.2) is 0 Å². The molecule has 4 heteroatoms. The van der Waals surface area contributed by atoms with E-state index in [9.17, 15) is 0 Å². The third-order valence-corrected chi connectivity index (χ3v) is 12.8. The van der Waals surface area contributed by atoms with E-state index in [1.54, 1.807) is 12.8 Å². The number of fused-ring (bicyclic) bond motifs is 10. The zero-order valence-corrected chi connectivity index (χ0v) is 23.0. The Balaban J connectivity index is 1.56. The average molecular weight is 581 g/mol. The van der Waals surface area contributed by atoms with Crippen LogP contribution < -0.4 is 0 Å². The molecular formula is C31H21NOSe2. The fraction of sp³-hybridized carbons (Fsp3) is 0.0968. The van der Waals surface area contributed by atoms with E-state index in [1.165, 1.54) is 59.2 Å². The van der Waals surface area contributed by atoms with Gasteiger partial charge >= 0.3 is 215 Å². The maximum absolute atomic E-state index is 6.57. The van der Waals surface area contributed by atoms with E-state index in [0.717, 1.165) is 11.2 Å². The summed E-state index contributed by atoms with van der Waals surface area (Å²) in [6.07, 6.45) is 0. The van der Waals surface area contributed by atoms with E-state index >= 15 is 0 Å². The monoisotopic (exact) mass is 583 g/mol. The first-order valence-electron chi connectivity index (χ1n) is 11.8. The molecule has 4 aromatic heterocycles. The number of furan rings is 1. The normalized spacial score (nSPS) is 12.4. The minimum absolute atomic E-state index is 0.335. The number of rotatable bonds is 1. The molecule has 0 N–H and O–H groups in total. The summed E-state index contributed by atoms with van der Waals surface area (Å²) in [4.78, 5) is 0. The maximum atomic E-state index is 6.57. The van der Waals surface area contributed by atoms with Crippen LogP contribution in [0, 0.1) is 20.8 Å². The van der Waals surface area contributed by atoms with Gasteiger partial charge in [-0.15, -0.1) is 0 Å². The van der Waals surface area contributed by atoms with Crippen LogP contribution in [0.4, 0.5) is 0 Å². The van der Waals surface area contributed by atoms with E-state index < -0.39 is 0 Å². The summed E-state index contributed by atoms with van der Waals surface area (Å²) in [5, 5.41) is 5.38. The predicted molar refractivity (Wildman–Crippen MR) is 151 cm³/mol. The summed E-state index contributed by atoms with van der Waals surface area (Å²) >= 11 is 0.712. The van der Waals surface area contributed by atoms with Gasteiger partial charge in [-0.25, -0.2) is 0 Å². The second kappa shape index (κ2) is 7.03. The molecule has 0 aliphatic carbocycles. The van der Waals surface area contributed by atoms with Crippen LogP contribution in [0.5, 0.6) is 0 Å². The van der Waals surface area contributed by atoms with Gasteiger partial charge in [-0.2, -0.15) is 0 Å². The Kier molecular flexibility index (Phi) is 4.06. The average Bonchev–Trinajstić information content (AvgIpc) is 3.55. The summed E-state index contributed by atoms with van der Waals surface area (Å²) in [7, 11) is 0. The summed E-state index contributed by atoms with van der Waals surface area (Å²) < 4.78 is 15.3. The van der Waals surface area contributed by atoms with Crippen LogP contribution in [-0.4, -0.2) is 33.6 Å². The van der Waals surface area contributed by atoms with Crippen molar-refractivity contribution in [2.24, 2.45) is 0 Å². The van der Waals surface area contributed by atoms with Crippen molar-refractivity contribution in [1.29, 1.82) is 0 Å². The Morgan fingerprint density at radius 3 is 2.06 bits per heavy atom. The van der Waals surface area contributed by atoms with Crippen molar-refractivity contribution in [3.05, 3.63) is 89.5 Å². The van der Waals surface area contributed by atoms with Crippen molar-refractivity contribution in [2.75, 3.05) is 0 Å². The summed E-state index contributed by atoms with van der Waals surface area (Å²) in [6, 6.07) is 27.4. The van der Waals surface area contributed by atoms with Gasteiger partial charge in [-0.05, 0) is 0 Å². The molecule has 0 aliphatic rings. The number of hydrogen-bond donors (Lipinski definition) is 0. The van der Waals surface area contributed by atoms with E-state index in [4.69, 9.17) is 4.42 Å². The fourth-order valence-electron chi connectivity index (χ4n) is 5.44. The molecule has 0 unspecified atom stereocenters. The second-order valence-electron chi connectivity index (χ2n) is 9.68. The van der Waals surface area contributed by atoms with Gasteiger partial charge in [-0.1, -0.05) is 0 Å². The summed E-state index contributed by atoms with van der Waals surface area (Å²) in [5.41, 5.74) is 9.45. The molecule has 35 heavy (non-hydrogen) atoms. The molecule has 4 heterocycles. The van der Waals surface area contributed by atoms with Gasteiger partial charge < -0.3 is 0 Å².